The molecule has 1 aromatic heterocycles. The Hall–Kier alpha value is -2.61. The van der Waals surface area contributed by atoms with Crippen LogP contribution in [-0.2, 0) is 11.3 Å². The lowest BCUT2D eigenvalue weighted by molar-refractivity contribution is -0.144. The first-order valence-electron chi connectivity index (χ1n) is 10.5. The summed E-state index contributed by atoms with van der Waals surface area (Å²) in [5, 5.41) is 0.831. The van der Waals surface area contributed by atoms with Crippen molar-refractivity contribution in [3.63, 3.8) is 0 Å². The predicted molar refractivity (Wildman–Crippen MR) is 132 cm³/mol. The van der Waals surface area contributed by atoms with Crippen molar-refractivity contribution in [1.29, 1.82) is 0 Å². The maximum absolute atomic E-state index is 13.1. The van der Waals surface area contributed by atoms with Crippen molar-refractivity contribution in [3.8, 4) is 0 Å². The molecule has 32 heavy (non-hydrogen) atoms. The molecule has 6 nitrogen and oxygen atoms in total. The molecule has 0 unspecified atom stereocenters. The van der Waals surface area contributed by atoms with E-state index in [-0.39, 0.29) is 18.0 Å². The van der Waals surface area contributed by atoms with Crippen molar-refractivity contribution >= 4 is 50.4 Å². The Bertz CT molecular complexity index is 1140. The quantitative estimate of drug-likeness (QED) is 0.571. The molecule has 1 aliphatic heterocycles. The number of hydrogen-bond donors (Lipinski definition) is 1. The van der Waals surface area contributed by atoms with Gasteiger partial charge in [0.2, 0.25) is 5.91 Å². The summed E-state index contributed by atoms with van der Waals surface area (Å²) in [4.78, 5) is 26.6. The van der Waals surface area contributed by atoms with Gasteiger partial charge < -0.3 is 10.6 Å². The number of aromatic nitrogens is 2. The normalized spacial score (nSPS) is 19.8. The summed E-state index contributed by atoms with van der Waals surface area (Å²) in [6, 6.07) is 14.1. The van der Waals surface area contributed by atoms with E-state index >= 15 is 0 Å². The van der Waals surface area contributed by atoms with E-state index in [4.69, 9.17) is 16.4 Å². The maximum atomic E-state index is 13.1. The molecule has 0 bridgehead atoms. The molecule has 8 heteroatoms. The fraction of sp³-hybridized carbons (Fsp3) is 0.292. The number of nitrogens with zero attached hydrogens (tertiary/aromatic N) is 4. The Labute approximate surface area is 197 Å². The van der Waals surface area contributed by atoms with Crippen molar-refractivity contribution in [1.82, 2.24) is 19.8 Å². The molecule has 2 heterocycles. The first kappa shape index (κ1) is 22.6. The summed E-state index contributed by atoms with van der Waals surface area (Å²) in [5.41, 5.74) is 8.87. The van der Waals surface area contributed by atoms with Gasteiger partial charge in [0.15, 0.2) is 0 Å². The molecule has 2 atom stereocenters. The van der Waals surface area contributed by atoms with E-state index in [1.54, 1.807) is 0 Å². The maximum Gasteiger partial charge on any atom is 0.240 e. The molecule has 1 amide bonds. The van der Waals surface area contributed by atoms with Gasteiger partial charge in [0, 0.05) is 36.0 Å². The highest BCUT2D eigenvalue weighted by Gasteiger charge is 2.35. The Morgan fingerprint density at radius 3 is 2.72 bits per heavy atom. The number of fused-ring (bicyclic) bond motifs is 1. The molecule has 1 aliphatic rings. The second-order valence-electron chi connectivity index (χ2n) is 8.10. The molecule has 2 N–H and O–H groups in total. The third kappa shape index (κ3) is 4.90. The number of nitrogen functional groups attached to an aromatic ring is 1. The molecule has 0 saturated carbocycles. The monoisotopic (exact) mass is 467 g/mol. The zero-order chi connectivity index (χ0) is 22.7. The van der Waals surface area contributed by atoms with Crippen LogP contribution >= 0.6 is 21.7 Å². The number of carbonyl (C=O) groups is 1. The predicted octanol–water partition coefficient (Wildman–Crippen LogP) is 4.59. The zero-order valence-corrected chi connectivity index (χ0v) is 19.7. The molecule has 0 spiro atoms. The molecule has 166 valence electrons. The van der Waals surface area contributed by atoms with Crippen LogP contribution in [0.3, 0.4) is 0 Å². The van der Waals surface area contributed by atoms with E-state index in [0.717, 1.165) is 33.5 Å². The van der Waals surface area contributed by atoms with E-state index < -0.39 is 0 Å². The number of halogens is 1. The van der Waals surface area contributed by atoms with Gasteiger partial charge in [-0.2, -0.15) is 0 Å². The second-order valence-corrected chi connectivity index (χ2v) is 9.19. The SMILES string of the molecule is C[C@@H]1CN(Cc2ccc3c(N)ncnc3c2)C(=O)[C@H](C)N1CC=Cc1ccc(SCl)cc1. The van der Waals surface area contributed by atoms with E-state index in [1.165, 1.54) is 17.3 Å². The average Bonchev–Trinajstić information content (AvgIpc) is 2.80. The van der Waals surface area contributed by atoms with Gasteiger partial charge in [-0.25, -0.2) is 9.97 Å². The van der Waals surface area contributed by atoms with Crippen LogP contribution < -0.4 is 5.73 Å². The molecular weight excluding hydrogens is 442 g/mol. The number of amides is 1. The summed E-state index contributed by atoms with van der Waals surface area (Å²) in [5.74, 6) is 0.609. The molecule has 0 radical (unpaired) electrons. The Morgan fingerprint density at radius 2 is 1.97 bits per heavy atom. The first-order chi connectivity index (χ1) is 15.5. The molecule has 0 aliphatic carbocycles. The van der Waals surface area contributed by atoms with Crippen molar-refractivity contribution < 1.29 is 4.79 Å². The number of anilines is 1. The topological polar surface area (TPSA) is 75.3 Å². The lowest BCUT2D eigenvalue weighted by atomic mass is 10.0. The molecule has 1 saturated heterocycles. The van der Waals surface area contributed by atoms with Gasteiger partial charge in [0.1, 0.15) is 12.1 Å². The van der Waals surface area contributed by atoms with Gasteiger partial charge in [-0.15, -0.1) is 0 Å². The Morgan fingerprint density at radius 1 is 1.19 bits per heavy atom. The van der Waals surface area contributed by atoms with Crippen LogP contribution in [0.25, 0.3) is 17.0 Å². The lowest BCUT2D eigenvalue weighted by Crippen LogP contribution is -2.59. The van der Waals surface area contributed by atoms with Gasteiger partial charge in [-0.05, 0) is 70.9 Å². The highest BCUT2D eigenvalue weighted by atomic mass is 35.7. The van der Waals surface area contributed by atoms with Crippen LogP contribution in [0.1, 0.15) is 25.0 Å². The minimum atomic E-state index is -0.183. The van der Waals surface area contributed by atoms with Crippen LogP contribution in [0.2, 0.25) is 0 Å². The fourth-order valence-corrected chi connectivity index (χ4v) is 4.71. The van der Waals surface area contributed by atoms with Crippen molar-refractivity contribution in [2.45, 2.75) is 37.4 Å². The van der Waals surface area contributed by atoms with Crippen LogP contribution in [0.4, 0.5) is 5.82 Å². The number of benzene rings is 2. The minimum Gasteiger partial charge on any atom is -0.383 e. The second kappa shape index (κ2) is 9.90. The lowest BCUT2D eigenvalue weighted by Gasteiger charge is -2.43. The largest absolute Gasteiger partial charge is 0.383 e. The number of rotatable bonds is 6. The highest BCUT2D eigenvalue weighted by Crippen LogP contribution is 2.24. The van der Waals surface area contributed by atoms with Gasteiger partial charge in [-0.3, -0.25) is 9.69 Å². The molecule has 1 fully saturated rings. The Balaban J connectivity index is 1.41. The van der Waals surface area contributed by atoms with Crippen LogP contribution in [0, 0.1) is 0 Å². The van der Waals surface area contributed by atoms with Crippen molar-refractivity contribution in [3.05, 3.63) is 66.0 Å². The molecular formula is C24H26ClN5OS. The summed E-state index contributed by atoms with van der Waals surface area (Å²) in [7, 11) is 6.98. The van der Waals surface area contributed by atoms with E-state index in [0.29, 0.717) is 18.9 Å². The number of nitrogens with two attached hydrogens (primary N) is 1. The van der Waals surface area contributed by atoms with Gasteiger partial charge in [0.05, 0.1) is 11.6 Å². The Kier molecular flexibility index (Phi) is 6.98. The van der Waals surface area contributed by atoms with Crippen molar-refractivity contribution in [2.75, 3.05) is 18.8 Å². The summed E-state index contributed by atoms with van der Waals surface area (Å²) in [6.07, 6.45) is 5.67. The van der Waals surface area contributed by atoms with Crippen LogP contribution in [-0.4, -0.2) is 50.8 Å². The average molecular weight is 468 g/mol. The summed E-state index contributed by atoms with van der Waals surface area (Å²) in [6.45, 7) is 6.12. The van der Waals surface area contributed by atoms with E-state index in [2.05, 4.69) is 33.9 Å². The summed E-state index contributed by atoms with van der Waals surface area (Å²) < 4.78 is 0. The van der Waals surface area contributed by atoms with Crippen molar-refractivity contribution in [2.24, 2.45) is 0 Å². The zero-order valence-electron chi connectivity index (χ0n) is 18.1. The minimum absolute atomic E-state index is 0.141. The summed E-state index contributed by atoms with van der Waals surface area (Å²) >= 11 is 0. The van der Waals surface area contributed by atoms with Crippen LogP contribution in [0.15, 0.2) is 59.8 Å². The van der Waals surface area contributed by atoms with Gasteiger partial charge in [0.25, 0.3) is 0 Å². The fourth-order valence-electron chi connectivity index (χ4n) is 4.17. The number of hydrogen-bond acceptors (Lipinski definition) is 6. The van der Waals surface area contributed by atoms with Crippen LogP contribution in [0.5, 0.6) is 0 Å². The molecule has 3 aromatic rings. The van der Waals surface area contributed by atoms with E-state index in [9.17, 15) is 4.79 Å². The molecule has 4 rings (SSSR count). The smallest absolute Gasteiger partial charge is 0.240 e. The number of carbonyl (C=O) groups excluding carboxylic acids is 1. The van der Waals surface area contributed by atoms with Gasteiger partial charge >= 0.3 is 0 Å². The first-order valence-corrected chi connectivity index (χ1v) is 12.2. The third-order valence-electron chi connectivity index (χ3n) is 5.92. The number of piperazine rings is 1. The highest BCUT2D eigenvalue weighted by molar-refractivity contribution is 8.21. The third-order valence-corrected chi connectivity index (χ3v) is 6.90. The van der Waals surface area contributed by atoms with Gasteiger partial charge in [-0.1, -0.05) is 30.4 Å². The van der Waals surface area contributed by atoms with E-state index in [1.807, 2.05) is 54.3 Å². The molecule has 2 aromatic carbocycles. The standard InChI is InChI=1S/C24H26ClN5OS/c1-16-13-29(14-19-7-10-21-22(12-19)27-15-28-23(21)26)24(31)17(2)30(16)11-3-4-18-5-8-20(32-25)9-6-18/h3-10,12,15-17H,11,13-14H2,1-2H3,(H2,26,27,28)/t16-,17+/m1/s1.